The Kier molecular flexibility index (Phi) is 5.66. The minimum absolute atomic E-state index is 0.359. The summed E-state index contributed by atoms with van der Waals surface area (Å²) in [5, 5.41) is 3.90. The fourth-order valence-corrected chi connectivity index (χ4v) is 2.51. The minimum atomic E-state index is -0.514. The van der Waals surface area contributed by atoms with Crippen LogP contribution >= 0.6 is 0 Å². The van der Waals surface area contributed by atoms with Gasteiger partial charge in [0.15, 0.2) is 0 Å². The molecule has 1 aliphatic heterocycles. The average Bonchev–Trinajstić information content (AvgIpc) is 3.02. The summed E-state index contributed by atoms with van der Waals surface area (Å²) in [6.45, 7) is 4.03. The van der Waals surface area contributed by atoms with Crippen LogP contribution in [0.25, 0.3) is 6.08 Å². The maximum atomic E-state index is 12.1. The zero-order valence-corrected chi connectivity index (χ0v) is 15.1. The number of nitrogens with zero attached hydrogens (tertiary/aromatic N) is 1. The van der Waals surface area contributed by atoms with Crippen LogP contribution in [-0.4, -0.2) is 24.3 Å². The van der Waals surface area contributed by atoms with Gasteiger partial charge in [-0.2, -0.15) is 0 Å². The lowest BCUT2D eigenvalue weighted by atomic mass is 10.0. The van der Waals surface area contributed by atoms with Gasteiger partial charge in [-0.1, -0.05) is 24.2 Å². The van der Waals surface area contributed by atoms with Crippen molar-refractivity contribution in [3.63, 3.8) is 0 Å². The molecule has 0 saturated carbocycles. The third kappa shape index (κ3) is 4.61. The molecule has 1 heterocycles. The molecular weight excluding hydrogens is 346 g/mol. The van der Waals surface area contributed by atoms with E-state index in [1.165, 1.54) is 6.92 Å². The Hall–Kier alpha value is -3.41. The molecule has 2 aromatic rings. The van der Waals surface area contributed by atoms with Crippen LogP contribution in [0, 0.1) is 0 Å². The predicted molar refractivity (Wildman–Crippen MR) is 101 cm³/mol. The van der Waals surface area contributed by atoms with Crippen LogP contribution in [0.2, 0.25) is 0 Å². The number of esters is 1. The molecule has 0 spiro atoms. The van der Waals surface area contributed by atoms with Crippen molar-refractivity contribution >= 4 is 23.7 Å². The molecule has 0 N–H and O–H groups in total. The molecule has 27 heavy (non-hydrogen) atoms. The monoisotopic (exact) mass is 365 g/mol. The van der Waals surface area contributed by atoms with Gasteiger partial charge < -0.3 is 14.3 Å². The van der Waals surface area contributed by atoms with E-state index in [0.717, 1.165) is 23.3 Å². The maximum absolute atomic E-state index is 12.1. The van der Waals surface area contributed by atoms with Crippen molar-refractivity contribution in [2.75, 3.05) is 6.61 Å². The Morgan fingerprint density at radius 1 is 1.07 bits per heavy atom. The van der Waals surface area contributed by atoms with E-state index in [1.54, 1.807) is 30.3 Å². The highest BCUT2D eigenvalue weighted by Crippen LogP contribution is 2.23. The Bertz CT molecular complexity index is 895. The van der Waals surface area contributed by atoms with Crippen molar-refractivity contribution in [3.05, 3.63) is 65.2 Å². The smallest absolute Gasteiger partial charge is 0.368 e. The first-order valence-corrected chi connectivity index (χ1v) is 8.60. The molecular formula is C21H19NO5. The third-order valence-corrected chi connectivity index (χ3v) is 3.75. The zero-order valence-electron chi connectivity index (χ0n) is 15.1. The highest BCUT2D eigenvalue weighted by Gasteiger charge is 2.26. The fraction of sp³-hybridized carbons (Fsp3) is 0.190. The highest BCUT2D eigenvalue weighted by molar-refractivity contribution is 6.31. The van der Waals surface area contributed by atoms with Gasteiger partial charge in [0.2, 0.25) is 0 Å². The summed E-state index contributed by atoms with van der Waals surface area (Å²) in [4.78, 5) is 27.9. The molecule has 0 saturated heterocycles. The van der Waals surface area contributed by atoms with Crippen LogP contribution in [0.3, 0.4) is 0 Å². The highest BCUT2D eigenvalue weighted by atomic mass is 16.7. The molecule has 6 nitrogen and oxygen atoms in total. The predicted octanol–water partition coefficient (Wildman–Crippen LogP) is 3.75. The van der Waals surface area contributed by atoms with Crippen LogP contribution in [0.1, 0.15) is 31.4 Å². The molecule has 0 aromatic heterocycles. The normalized spacial score (nSPS) is 14.7. The van der Waals surface area contributed by atoms with Crippen molar-refractivity contribution in [3.8, 4) is 11.5 Å². The van der Waals surface area contributed by atoms with Gasteiger partial charge in [-0.25, -0.2) is 4.79 Å². The Balaban J connectivity index is 1.81. The van der Waals surface area contributed by atoms with Crippen molar-refractivity contribution in [2.24, 2.45) is 5.16 Å². The molecule has 0 bridgehead atoms. The topological polar surface area (TPSA) is 74.2 Å². The van der Waals surface area contributed by atoms with Gasteiger partial charge in [0.05, 0.1) is 12.2 Å². The van der Waals surface area contributed by atoms with E-state index < -0.39 is 5.97 Å². The van der Waals surface area contributed by atoms with E-state index in [-0.39, 0.29) is 5.97 Å². The summed E-state index contributed by atoms with van der Waals surface area (Å²) < 4.78 is 10.6. The molecule has 0 atom stereocenters. The molecule has 0 radical (unpaired) electrons. The molecule has 6 heteroatoms. The van der Waals surface area contributed by atoms with Crippen molar-refractivity contribution in [2.45, 2.75) is 20.3 Å². The van der Waals surface area contributed by atoms with Gasteiger partial charge in [0.1, 0.15) is 17.2 Å². The Morgan fingerprint density at radius 2 is 1.74 bits per heavy atom. The summed E-state index contributed by atoms with van der Waals surface area (Å²) in [5.74, 6) is 0.301. The number of hydrogen-bond acceptors (Lipinski definition) is 6. The molecule has 138 valence electrons. The van der Waals surface area contributed by atoms with Gasteiger partial charge in [0.25, 0.3) is 0 Å². The molecule has 2 aromatic carbocycles. The average molecular weight is 365 g/mol. The summed E-state index contributed by atoms with van der Waals surface area (Å²) in [7, 11) is 0. The fourth-order valence-electron chi connectivity index (χ4n) is 2.51. The first kappa shape index (κ1) is 18.4. The maximum Gasteiger partial charge on any atom is 0.368 e. The van der Waals surface area contributed by atoms with E-state index in [1.807, 2.05) is 31.2 Å². The van der Waals surface area contributed by atoms with Crippen molar-refractivity contribution in [1.82, 2.24) is 0 Å². The summed E-state index contributed by atoms with van der Waals surface area (Å²) in [5.41, 5.74) is 2.34. The number of ether oxygens (including phenoxy) is 2. The number of oxime groups is 1. The molecule has 0 aliphatic carbocycles. The van der Waals surface area contributed by atoms with E-state index in [2.05, 4.69) is 5.16 Å². The number of carbonyl (C=O) groups is 2. The van der Waals surface area contributed by atoms with Crippen LogP contribution in [0.5, 0.6) is 11.5 Å². The quantitative estimate of drug-likeness (QED) is 0.337. The molecule has 3 rings (SSSR count). The van der Waals surface area contributed by atoms with Gasteiger partial charge in [0, 0.05) is 12.5 Å². The van der Waals surface area contributed by atoms with Crippen LogP contribution in [0.15, 0.2) is 59.3 Å². The standard InChI is InChI=1S/C21H19NO5/c1-3-12-25-17-10-6-16(7-11-17)20-19(21(24)27-22-20)13-15-4-8-18(9-5-15)26-14(2)23/h4-11,13H,3,12H2,1-2H3/b19-13-. The van der Waals surface area contributed by atoms with E-state index >= 15 is 0 Å². The minimum Gasteiger partial charge on any atom is -0.494 e. The number of rotatable bonds is 6. The van der Waals surface area contributed by atoms with E-state index in [9.17, 15) is 9.59 Å². The second kappa shape index (κ2) is 8.31. The lowest BCUT2D eigenvalue weighted by molar-refractivity contribution is -0.136. The lowest BCUT2D eigenvalue weighted by Crippen LogP contribution is -2.07. The Morgan fingerprint density at radius 3 is 2.37 bits per heavy atom. The second-order valence-corrected chi connectivity index (χ2v) is 5.91. The van der Waals surface area contributed by atoms with Gasteiger partial charge in [-0.05, 0) is 54.5 Å². The third-order valence-electron chi connectivity index (χ3n) is 3.75. The van der Waals surface area contributed by atoms with E-state index in [0.29, 0.717) is 23.6 Å². The number of hydrogen-bond donors (Lipinski definition) is 0. The van der Waals surface area contributed by atoms with Gasteiger partial charge in [-0.15, -0.1) is 0 Å². The van der Waals surface area contributed by atoms with E-state index in [4.69, 9.17) is 14.3 Å². The number of benzene rings is 2. The molecule has 0 fully saturated rings. The molecule has 0 unspecified atom stereocenters. The number of carbonyl (C=O) groups excluding carboxylic acids is 2. The summed E-state index contributed by atoms with van der Waals surface area (Å²) in [6, 6.07) is 14.2. The summed E-state index contributed by atoms with van der Waals surface area (Å²) >= 11 is 0. The lowest BCUT2D eigenvalue weighted by Gasteiger charge is -2.06. The van der Waals surface area contributed by atoms with Crippen LogP contribution in [-0.2, 0) is 14.4 Å². The van der Waals surface area contributed by atoms with Crippen LogP contribution in [0.4, 0.5) is 0 Å². The summed E-state index contributed by atoms with van der Waals surface area (Å²) in [6.07, 6.45) is 2.62. The van der Waals surface area contributed by atoms with Gasteiger partial charge >= 0.3 is 11.9 Å². The van der Waals surface area contributed by atoms with Gasteiger partial charge in [-0.3, -0.25) is 4.79 Å². The van der Waals surface area contributed by atoms with Crippen molar-refractivity contribution < 1.29 is 23.9 Å². The Labute approximate surface area is 157 Å². The van der Waals surface area contributed by atoms with Crippen LogP contribution < -0.4 is 9.47 Å². The van der Waals surface area contributed by atoms with Crippen molar-refractivity contribution in [1.29, 1.82) is 0 Å². The largest absolute Gasteiger partial charge is 0.494 e. The first-order valence-electron chi connectivity index (χ1n) is 8.60. The zero-order chi connectivity index (χ0) is 19.2. The second-order valence-electron chi connectivity index (χ2n) is 5.91. The first-order chi connectivity index (χ1) is 13.1. The molecule has 0 amide bonds. The SMILES string of the molecule is CCCOc1ccc(C2=NOC(=O)/C2=C\c2ccc(OC(C)=O)cc2)cc1. The molecule has 1 aliphatic rings.